The van der Waals surface area contributed by atoms with Crippen LogP contribution in [-0.4, -0.2) is 59.9 Å². The first kappa shape index (κ1) is 26.7. The molecule has 0 heterocycles. The highest BCUT2D eigenvalue weighted by Crippen LogP contribution is 2.29. The number of rotatable bonds is 7. The molecule has 0 aromatic rings. The number of ketones is 1. The third-order valence-electron chi connectivity index (χ3n) is 3.96. The van der Waals surface area contributed by atoms with Crippen LogP contribution in [0.1, 0.15) is 60.8 Å². The van der Waals surface area contributed by atoms with Crippen LogP contribution in [0.2, 0.25) is 0 Å². The Bertz CT molecular complexity index is 298. The summed E-state index contributed by atoms with van der Waals surface area (Å²) in [7, 11) is 0. The summed E-state index contributed by atoms with van der Waals surface area (Å²) in [6.07, 6.45) is 2.20. The summed E-state index contributed by atoms with van der Waals surface area (Å²) >= 11 is 0. The lowest BCUT2D eigenvalue weighted by Gasteiger charge is -2.27. The van der Waals surface area contributed by atoms with Crippen molar-refractivity contribution in [1.82, 2.24) is 0 Å². The molecule has 3 N–H and O–H groups in total. The standard InChI is InChI=1S/C10H18O.C6H14O2.C3H8O3/c1-7(2)9-5-4-8(3)6-10(9)11;1-4-7-6(3)8-5-2;4-1-3(6)2-5/h7-9H,4-6H2,1-3H3;6H,4-5H2,1-3H3;3-6H,1-2H2/t8-,9+;;/m0../s1. The molecular formula is C19H40O6. The number of carbonyl (C=O) groups is 1. The Morgan fingerprint density at radius 1 is 1.04 bits per heavy atom. The molecule has 2 atom stereocenters. The SMILES string of the molecule is CC(C)[C@H]1CC[C@H](C)CC1=O.CCOC(C)OCC.OCC(O)CO. The van der Waals surface area contributed by atoms with Gasteiger partial charge < -0.3 is 24.8 Å². The average Bonchev–Trinajstić information content (AvgIpc) is 2.55. The fourth-order valence-corrected chi connectivity index (χ4v) is 2.50. The molecule has 0 aromatic heterocycles. The number of ether oxygens (including phenoxy) is 2. The topological polar surface area (TPSA) is 96.2 Å². The first-order valence-corrected chi connectivity index (χ1v) is 9.38. The zero-order valence-electron chi connectivity index (χ0n) is 16.9. The first-order chi connectivity index (χ1) is 11.7. The van der Waals surface area contributed by atoms with E-state index in [9.17, 15) is 4.79 Å². The van der Waals surface area contributed by atoms with E-state index in [1.54, 1.807) is 0 Å². The normalized spacial score (nSPS) is 20.2. The molecule has 0 radical (unpaired) electrons. The van der Waals surface area contributed by atoms with Crippen LogP contribution in [0.4, 0.5) is 0 Å². The van der Waals surface area contributed by atoms with Crippen LogP contribution < -0.4 is 0 Å². The van der Waals surface area contributed by atoms with Crippen molar-refractivity contribution >= 4 is 5.78 Å². The maximum atomic E-state index is 11.4. The zero-order chi connectivity index (χ0) is 19.8. The van der Waals surface area contributed by atoms with E-state index in [0.717, 1.165) is 26.1 Å². The molecular weight excluding hydrogens is 324 g/mol. The number of aliphatic hydroxyl groups is 3. The van der Waals surface area contributed by atoms with Crippen molar-refractivity contribution in [1.29, 1.82) is 0 Å². The molecule has 1 aliphatic carbocycles. The van der Waals surface area contributed by atoms with Gasteiger partial charge in [0.15, 0.2) is 6.29 Å². The van der Waals surface area contributed by atoms with Gasteiger partial charge in [0.25, 0.3) is 0 Å². The second-order valence-corrected chi connectivity index (χ2v) is 6.70. The van der Waals surface area contributed by atoms with E-state index < -0.39 is 6.10 Å². The number of carbonyl (C=O) groups excluding carboxylic acids is 1. The molecule has 0 saturated heterocycles. The molecule has 0 aromatic carbocycles. The van der Waals surface area contributed by atoms with E-state index in [1.165, 1.54) is 6.42 Å². The molecule has 0 spiro atoms. The van der Waals surface area contributed by atoms with Crippen molar-refractivity contribution in [3.05, 3.63) is 0 Å². The van der Waals surface area contributed by atoms with Gasteiger partial charge in [-0.05, 0) is 45.4 Å². The van der Waals surface area contributed by atoms with Crippen molar-refractivity contribution in [2.45, 2.75) is 73.2 Å². The minimum atomic E-state index is -0.954. The van der Waals surface area contributed by atoms with Crippen molar-refractivity contribution < 1.29 is 29.6 Å². The Labute approximate surface area is 153 Å². The van der Waals surface area contributed by atoms with Gasteiger partial charge in [-0.15, -0.1) is 0 Å². The summed E-state index contributed by atoms with van der Waals surface area (Å²) < 4.78 is 10.1. The molecule has 0 bridgehead atoms. The van der Waals surface area contributed by atoms with Crippen LogP contribution in [0.5, 0.6) is 0 Å². The minimum Gasteiger partial charge on any atom is -0.394 e. The molecule has 0 aliphatic heterocycles. The highest BCUT2D eigenvalue weighted by molar-refractivity contribution is 5.82. The Morgan fingerprint density at radius 3 is 1.80 bits per heavy atom. The Hall–Kier alpha value is -0.530. The molecule has 1 saturated carbocycles. The lowest BCUT2D eigenvalue weighted by Crippen LogP contribution is -2.27. The highest BCUT2D eigenvalue weighted by Gasteiger charge is 2.27. The van der Waals surface area contributed by atoms with Gasteiger partial charge in [0.2, 0.25) is 0 Å². The molecule has 6 nitrogen and oxygen atoms in total. The van der Waals surface area contributed by atoms with Gasteiger partial charge in [0.05, 0.1) is 13.2 Å². The van der Waals surface area contributed by atoms with Gasteiger partial charge >= 0.3 is 0 Å². The van der Waals surface area contributed by atoms with Crippen molar-refractivity contribution in [3.63, 3.8) is 0 Å². The average molecular weight is 365 g/mol. The van der Waals surface area contributed by atoms with E-state index in [2.05, 4.69) is 20.8 Å². The first-order valence-electron chi connectivity index (χ1n) is 9.38. The summed E-state index contributed by atoms with van der Waals surface area (Å²) in [6.45, 7) is 13.0. The summed E-state index contributed by atoms with van der Waals surface area (Å²) in [5, 5.41) is 24.0. The van der Waals surface area contributed by atoms with E-state index in [4.69, 9.17) is 24.8 Å². The van der Waals surface area contributed by atoms with Crippen LogP contribution >= 0.6 is 0 Å². The fraction of sp³-hybridized carbons (Fsp3) is 0.947. The lowest BCUT2D eigenvalue weighted by molar-refractivity contribution is -0.127. The van der Waals surface area contributed by atoms with Crippen LogP contribution in [0.15, 0.2) is 0 Å². The maximum absolute atomic E-state index is 11.4. The highest BCUT2D eigenvalue weighted by atomic mass is 16.7. The quantitative estimate of drug-likeness (QED) is 0.600. The number of hydrogen-bond donors (Lipinski definition) is 3. The van der Waals surface area contributed by atoms with E-state index in [1.807, 2.05) is 20.8 Å². The summed E-state index contributed by atoms with van der Waals surface area (Å²) in [5.41, 5.74) is 0. The second kappa shape index (κ2) is 16.9. The van der Waals surface area contributed by atoms with Crippen molar-refractivity contribution in [2.24, 2.45) is 17.8 Å². The number of Topliss-reactive ketones (excluding diaryl/α,β-unsaturated/α-hetero) is 1. The maximum Gasteiger partial charge on any atom is 0.154 e. The van der Waals surface area contributed by atoms with Gasteiger partial charge in [-0.1, -0.05) is 20.8 Å². The monoisotopic (exact) mass is 364 g/mol. The van der Waals surface area contributed by atoms with Gasteiger partial charge in [0, 0.05) is 25.6 Å². The minimum absolute atomic E-state index is 0.0370. The molecule has 152 valence electrons. The van der Waals surface area contributed by atoms with Gasteiger partial charge in [-0.2, -0.15) is 0 Å². The molecule has 25 heavy (non-hydrogen) atoms. The lowest BCUT2D eigenvalue weighted by atomic mass is 9.77. The van der Waals surface area contributed by atoms with E-state index in [0.29, 0.717) is 23.5 Å². The van der Waals surface area contributed by atoms with Gasteiger partial charge in [0.1, 0.15) is 11.9 Å². The van der Waals surface area contributed by atoms with E-state index in [-0.39, 0.29) is 19.5 Å². The Balaban J connectivity index is 0. The van der Waals surface area contributed by atoms with Crippen LogP contribution in [0.3, 0.4) is 0 Å². The molecule has 1 aliphatic rings. The summed E-state index contributed by atoms with van der Waals surface area (Å²) in [4.78, 5) is 11.4. The van der Waals surface area contributed by atoms with Crippen LogP contribution in [0, 0.1) is 17.8 Å². The third kappa shape index (κ3) is 15.4. The Kier molecular flexibility index (Phi) is 18.1. The smallest absolute Gasteiger partial charge is 0.154 e. The molecule has 1 fully saturated rings. The van der Waals surface area contributed by atoms with Gasteiger partial charge in [-0.3, -0.25) is 4.79 Å². The fourth-order valence-electron chi connectivity index (χ4n) is 2.50. The molecule has 6 heteroatoms. The number of hydrogen-bond acceptors (Lipinski definition) is 6. The van der Waals surface area contributed by atoms with E-state index >= 15 is 0 Å². The third-order valence-corrected chi connectivity index (χ3v) is 3.96. The summed E-state index contributed by atoms with van der Waals surface area (Å²) in [6, 6.07) is 0. The molecule has 1 rings (SSSR count). The van der Waals surface area contributed by atoms with Crippen molar-refractivity contribution in [2.75, 3.05) is 26.4 Å². The van der Waals surface area contributed by atoms with Crippen LogP contribution in [-0.2, 0) is 14.3 Å². The predicted molar refractivity (Wildman–Crippen MR) is 99.2 cm³/mol. The van der Waals surface area contributed by atoms with Crippen LogP contribution in [0.25, 0.3) is 0 Å². The largest absolute Gasteiger partial charge is 0.394 e. The van der Waals surface area contributed by atoms with Gasteiger partial charge in [-0.25, -0.2) is 0 Å². The second-order valence-electron chi connectivity index (χ2n) is 6.70. The zero-order valence-corrected chi connectivity index (χ0v) is 16.9. The predicted octanol–water partition coefficient (Wildman–Crippen LogP) is 2.39. The number of aliphatic hydroxyl groups excluding tert-OH is 3. The summed E-state index contributed by atoms with van der Waals surface area (Å²) in [5.74, 6) is 2.05. The Morgan fingerprint density at radius 2 is 1.52 bits per heavy atom. The molecule has 0 amide bonds. The molecule has 0 unspecified atom stereocenters. The van der Waals surface area contributed by atoms with Crippen molar-refractivity contribution in [3.8, 4) is 0 Å².